The lowest BCUT2D eigenvalue weighted by Crippen LogP contribution is -2.48. The van der Waals surface area contributed by atoms with Gasteiger partial charge in [-0.05, 0) is 38.1 Å². The molecule has 2 rings (SSSR count). The van der Waals surface area contributed by atoms with Crippen molar-refractivity contribution in [2.24, 2.45) is 5.92 Å². The number of carbonyl (C=O) groups excluding carboxylic acids is 1. The van der Waals surface area contributed by atoms with E-state index in [4.69, 9.17) is 23.2 Å². The van der Waals surface area contributed by atoms with Crippen molar-refractivity contribution in [3.63, 3.8) is 0 Å². The standard InChI is InChI=1S/C15H21Cl2N3O/c1-10-9-20(2)7-6-13(10)18-8-14(21)19-15-11(16)4-3-5-12(15)17/h3-5,10,13,18H,6-9H2,1-2H3,(H,19,21). The zero-order valence-electron chi connectivity index (χ0n) is 12.3. The number of likely N-dealkylation sites (tertiary alicyclic amines) is 1. The van der Waals surface area contributed by atoms with Gasteiger partial charge in [-0.15, -0.1) is 0 Å². The van der Waals surface area contributed by atoms with Crippen LogP contribution in [0.15, 0.2) is 18.2 Å². The van der Waals surface area contributed by atoms with Gasteiger partial charge >= 0.3 is 0 Å². The van der Waals surface area contributed by atoms with Crippen molar-refractivity contribution in [3.8, 4) is 0 Å². The number of rotatable bonds is 4. The second-order valence-corrected chi connectivity index (χ2v) is 6.47. The third-order valence-corrected chi connectivity index (χ3v) is 4.49. The van der Waals surface area contributed by atoms with Crippen LogP contribution >= 0.6 is 23.2 Å². The summed E-state index contributed by atoms with van der Waals surface area (Å²) >= 11 is 12.1. The maximum atomic E-state index is 12.0. The molecule has 0 radical (unpaired) electrons. The lowest BCUT2D eigenvalue weighted by molar-refractivity contribution is -0.115. The second kappa shape index (κ2) is 7.45. The minimum Gasteiger partial charge on any atom is -0.322 e. The van der Waals surface area contributed by atoms with Gasteiger partial charge in [0.2, 0.25) is 5.91 Å². The first-order valence-corrected chi connectivity index (χ1v) is 7.88. The van der Waals surface area contributed by atoms with Crippen molar-refractivity contribution in [1.29, 1.82) is 0 Å². The van der Waals surface area contributed by atoms with Crippen LogP contribution in [0.5, 0.6) is 0 Å². The Balaban J connectivity index is 1.85. The fraction of sp³-hybridized carbons (Fsp3) is 0.533. The monoisotopic (exact) mass is 329 g/mol. The Morgan fingerprint density at radius 2 is 2.05 bits per heavy atom. The fourth-order valence-electron chi connectivity index (χ4n) is 2.68. The van der Waals surface area contributed by atoms with E-state index in [0.717, 1.165) is 19.5 Å². The molecule has 6 heteroatoms. The molecule has 2 unspecified atom stereocenters. The molecule has 1 amide bonds. The summed E-state index contributed by atoms with van der Waals surface area (Å²) in [7, 11) is 2.12. The molecular weight excluding hydrogens is 309 g/mol. The molecule has 1 aliphatic rings. The van der Waals surface area contributed by atoms with Gasteiger partial charge in [-0.2, -0.15) is 0 Å². The Morgan fingerprint density at radius 1 is 1.38 bits per heavy atom. The first-order chi connectivity index (χ1) is 9.97. The van der Waals surface area contributed by atoms with Gasteiger partial charge in [0.1, 0.15) is 0 Å². The first kappa shape index (κ1) is 16.6. The van der Waals surface area contributed by atoms with Gasteiger partial charge in [0, 0.05) is 12.6 Å². The van der Waals surface area contributed by atoms with Crippen molar-refractivity contribution in [3.05, 3.63) is 28.2 Å². The van der Waals surface area contributed by atoms with Crippen LogP contribution in [0.2, 0.25) is 10.0 Å². The summed E-state index contributed by atoms with van der Waals surface area (Å²) in [6, 6.07) is 5.53. The van der Waals surface area contributed by atoms with Gasteiger partial charge in [0.25, 0.3) is 0 Å². The van der Waals surface area contributed by atoms with Gasteiger partial charge in [-0.1, -0.05) is 36.2 Å². The first-order valence-electron chi connectivity index (χ1n) is 7.13. The molecule has 0 aliphatic carbocycles. The number of para-hydroxylation sites is 1. The molecule has 0 saturated carbocycles. The molecule has 21 heavy (non-hydrogen) atoms. The number of hydrogen-bond donors (Lipinski definition) is 2. The van der Waals surface area contributed by atoms with Crippen LogP contribution in [0, 0.1) is 5.92 Å². The van der Waals surface area contributed by atoms with Gasteiger partial charge in [0.05, 0.1) is 22.3 Å². The van der Waals surface area contributed by atoms with Crippen molar-refractivity contribution in [2.45, 2.75) is 19.4 Å². The fourth-order valence-corrected chi connectivity index (χ4v) is 3.17. The number of nitrogens with zero attached hydrogens (tertiary/aromatic N) is 1. The average molecular weight is 330 g/mol. The zero-order valence-corrected chi connectivity index (χ0v) is 13.8. The van der Waals surface area contributed by atoms with E-state index >= 15 is 0 Å². The molecule has 1 saturated heterocycles. The summed E-state index contributed by atoms with van der Waals surface area (Å²) in [5.74, 6) is 0.400. The van der Waals surface area contributed by atoms with Gasteiger partial charge in [-0.3, -0.25) is 4.79 Å². The van der Waals surface area contributed by atoms with Gasteiger partial charge < -0.3 is 15.5 Å². The molecule has 1 aromatic rings. The van der Waals surface area contributed by atoms with Crippen LogP contribution < -0.4 is 10.6 Å². The number of amides is 1. The summed E-state index contributed by atoms with van der Waals surface area (Å²) in [6.07, 6.45) is 1.05. The van der Waals surface area contributed by atoms with Crippen LogP contribution in [0.4, 0.5) is 5.69 Å². The summed E-state index contributed by atoms with van der Waals surface area (Å²) < 4.78 is 0. The molecule has 1 heterocycles. The molecule has 1 fully saturated rings. The lowest BCUT2D eigenvalue weighted by Gasteiger charge is -2.35. The number of carbonyl (C=O) groups is 1. The molecule has 1 aromatic carbocycles. The minimum absolute atomic E-state index is 0.129. The van der Waals surface area contributed by atoms with Gasteiger partial charge in [0.15, 0.2) is 0 Å². The highest BCUT2D eigenvalue weighted by atomic mass is 35.5. The van der Waals surface area contributed by atoms with Crippen molar-refractivity contribution in [2.75, 3.05) is 32.0 Å². The van der Waals surface area contributed by atoms with Gasteiger partial charge in [-0.25, -0.2) is 0 Å². The largest absolute Gasteiger partial charge is 0.322 e. The number of anilines is 1. The lowest BCUT2D eigenvalue weighted by atomic mass is 9.94. The highest BCUT2D eigenvalue weighted by Gasteiger charge is 2.24. The van der Waals surface area contributed by atoms with Crippen molar-refractivity contribution in [1.82, 2.24) is 10.2 Å². The Labute approximate surface area is 135 Å². The molecule has 0 spiro atoms. The number of hydrogen-bond acceptors (Lipinski definition) is 3. The minimum atomic E-state index is -0.129. The Hall–Kier alpha value is -0.810. The molecule has 4 nitrogen and oxygen atoms in total. The molecule has 2 N–H and O–H groups in total. The number of nitrogens with one attached hydrogen (secondary N) is 2. The second-order valence-electron chi connectivity index (χ2n) is 5.66. The maximum absolute atomic E-state index is 12.0. The molecule has 0 bridgehead atoms. The summed E-state index contributed by atoms with van der Waals surface area (Å²) in [5, 5.41) is 6.99. The van der Waals surface area contributed by atoms with E-state index in [9.17, 15) is 4.79 Å². The Morgan fingerprint density at radius 3 is 2.67 bits per heavy atom. The third-order valence-electron chi connectivity index (χ3n) is 3.86. The Bertz CT molecular complexity index is 489. The highest BCUT2D eigenvalue weighted by Crippen LogP contribution is 2.29. The Kier molecular flexibility index (Phi) is 5.88. The maximum Gasteiger partial charge on any atom is 0.238 e. The number of piperidine rings is 1. The zero-order chi connectivity index (χ0) is 15.4. The number of halogens is 2. The van der Waals surface area contributed by atoms with Crippen LogP contribution in [-0.2, 0) is 4.79 Å². The van der Waals surface area contributed by atoms with E-state index in [1.807, 2.05) is 0 Å². The van der Waals surface area contributed by atoms with E-state index in [0.29, 0.717) is 27.7 Å². The average Bonchev–Trinajstić information content (AvgIpc) is 2.42. The van der Waals surface area contributed by atoms with Crippen LogP contribution in [0.3, 0.4) is 0 Å². The predicted octanol–water partition coefficient (Wildman–Crippen LogP) is 2.86. The summed E-state index contributed by atoms with van der Waals surface area (Å²) in [5.41, 5.74) is 0.476. The van der Waals surface area contributed by atoms with Crippen molar-refractivity contribution < 1.29 is 4.79 Å². The number of benzene rings is 1. The molecule has 0 aromatic heterocycles. The van der Waals surface area contributed by atoms with E-state index in [-0.39, 0.29) is 12.5 Å². The smallest absolute Gasteiger partial charge is 0.238 e. The van der Waals surface area contributed by atoms with E-state index in [1.54, 1.807) is 18.2 Å². The van der Waals surface area contributed by atoms with E-state index in [1.165, 1.54) is 0 Å². The van der Waals surface area contributed by atoms with E-state index < -0.39 is 0 Å². The van der Waals surface area contributed by atoms with Crippen molar-refractivity contribution >= 4 is 34.8 Å². The normalized spacial score (nSPS) is 23.0. The SMILES string of the molecule is CC1CN(C)CCC1NCC(=O)Nc1c(Cl)cccc1Cl. The summed E-state index contributed by atoms with van der Waals surface area (Å²) in [4.78, 5) is 14.3. The topological polar surface area (TPSA) is 44.4 Å². The predicted molar refractivity (Wildman–Crippen MR) is 88.2 cm³/mol. The highest BCUT2D eigenvalue weighted by molar-refractivity contribution is 6.39. The van der Waals surface area contributed by atoms with Crippen LogP contribution in [0.25, 0.3) is 0 Å². The molecule has 116 valence electrons. The molecular formula is C15H21Cl2N3O. The van der Waals surface area contributed by atoms with Crippen LogP contribution in [0.1, 0.15) is 13.3 Å². The van der Waals surface area contributed by atoms with E-state index in [2.05, 4.69) is 29.5 Å². The van der Waals surface area contributed by atoms with Crippen LogP contribution in [-0.4, -0.2) is 43.5 Å². The third kappa shape index (κ3) is 4.58. The molecule has 1 aliphatic heterocycles. The summed E-state index contributed by atoms with van der Waals surface area (Å²) in [6.45, 7) is 4.58. The molecule has 2 atom stereocenters. The quantitative estimate of drug-likeness (QED) is 0.892.